The molecule has 4 nitrogen and oxygen atoms in total. The summed E-state index contributed by atoms with van der Waals surface area (Å²) in [4.78, 5) is 9.25. The summed E-state index contributed by atoms with van der Waals surface area (Å²) in [5.41, 5.74) is 4.44. The van der Waals surface area contributed by atoms with E-state index in [9.17, 15) is 5.26 Å². The molecule has 7 heteroatoms. The highest BCUT2D eigenvalue weighted by molar-refractivity contribution is 9.10. The van der Waals surface area contributed by atoms with Gasteiger partial charge in [-0.1, -0.05) is 27.7 Å². The van der Waals surface area contributed by atoms with Gasteiger partial charge in [0.2, 0.25) is 0 Å². The van der Waals surface area contributed by atoms with E-state index in [0.717, 1.165) is 42.8 Å². The first-order valence-corrected chi connectivity index (χ1v) is 10.5. The van der Waals surface area contributed by atoms with Gasteiger partial charge in [0, 0.05) is 21.3 Å². The summed E-state index contributed by atoms with van der Waals surface area (Å²) < 4.78 is 6.43. The molecule has 0 bridgehead atoms. The van der Waals surface area contributed by atoms with Crippen molar-refractivity contribution >= 4 is 39.0 Å². The van der Waals surface area contributed by atoms with Crippen LogP contribution in [-0.2, 0) is 5.75 Å². The van der Waals surface area contributed by atoms with E-state index >= 15 is 0 Å². The maximum atomic E-state index is 9.39. The van der Waals surface area contributed by atoms with Crippen LogP contribution in [0.25, 0.3) is 10.6 Å². The molecule has 0 fully saturated rings. The first-order chi connectivity index (χ1) is 12.5. The second-order valence-corrected chi connectivity index (χ2v) is 8.39. The molecule has 2 aromatic heterocycles. The molecule has 132 valence electrons. The van der Waals surface area contributed by atoms with Gasteiger partial charge in [0.25, 0.3) is 0 Å². The van der Waals surface area contributed by atoms with Gasteiger partial charge in [-0.15, -0.1) is 11.3 Å². The van der Waals surface area contributed by atoms with Crippen LogP contribution in [0.2, 0.25) is 0 Å². The lowest BCUT2D eigenvalue weighted by molar-refractivity contribution is 0.416. The van der Waals surface area contributed by atoms with Crippen molar-refractivity contribution in [2.24, 2.45) is 0 Å². The lowest BCUT2D eigenvalue weighted by Gasteiger charge is -2.07. The number of aromatic nitrogens is 2. The molecule has 0 aliphatic carbocycles. The van der Waals surface area contributed by atoms with E-state index in [4.69, 9.17) is 9.72 Å². The maximum Gasteiger partial charge on any atom is 0.129 e. The van der Waals surface area contributed by atoms with E-state index < -0.39 is 0 Å². The molecule has 0 radical (unpaired) electrons. The first kappa shape index (κ1) is 18.9. The third-order valence-electron chi connectivity index (χ3n) is 3.72. The molecule has 2 heterocycles. The zero-order valence-corrected chi connectivity index (χ0v) is 17.8. The molecule has 26 heavy (non-hydrogen) atoms. The average Bonchev–Trinajstić information content (AvgIpc) is 3.08. The predicted octanol–water partition coefficient (Wildman–Crippen LogP) is 5.76. The first-order valence-electron chi connectivity index (χ1n) is 7.81. The molecule has 0 unspecified atom stereocenters. The Hall–Kier alpha value is -1.88. The number of ether oxygens (including phenoxy) is 1. The van der Waals surface area contributed by atoms with Crippen LogP contribution >= 0.6 is 39.0 Å². The number of halogens is 1. The molecule has 0 spiro atoms. The van der Waals surface area contributed by atoms with E-state index in [2.05, 4.69) is 27.0 Å². The SMILES string of the molecule is COc1ccc(Br)cc1-c1nc(CSc2nc(C)cc(C)c2C#N)cs1. The van der Waals surface area contributed by atoms with E-state index in [-0.39, 0.29) is 0 Å². The molecule has 3 aromatic rings. The third-order valence-corrected chi connectivity index (χ3v) is 6.15. The van der Waals surface area contributed by atoms with Gasteiger partial charge in [0.05, 0.1) is 23.9 Å². The Kier molecular flexibility index (Phi) is 5.97. The minimum absolute atomic E-state index is 0.643. The van der Waals surface area contributed by atoms with E-state index in [1.165, 1.54) is 0 Å². The fourth-order valence-corrected chi connectivity index (χ4v) is 4.83. The minimum atomic E-state index is 0.643. The molecular weight excluding hydrogens is 430 g/mol. The van der Waals surface area contributed by atoms with Gasteiger partial charge < -0.3 is 4.74 Å². The van der Waals surface area contributed by atoms with Gasteiger partial charge in [0.15, 0.2) is 0 Å². The standard InChI is InChI=1S/C19H16BrN3OS2/c1-11-6-12(2)22-19(16(11)8-21)26-10-14-9-25-18(23-14)15-7-13(20)4-5-17(15)24-3/h4-7,9H,10H2,1-3H3. The summed E-state index contributed by atoms with van der Waals surface area (Å²) >= 11 is 6.62. The second kappa shape index (κ2) is 8.21. The summed E-state index contributed by atoms with van der Waals surface area (Å²) in [6.45, 7) is 3.89. The molecule has 0 aliphatic heterocycles. The highest BCUT2D eigenvalue weighted by Gasteiger charge is 2.13. The van der Waals surface area contributed by atoms with Crippen LogP contribution in [-0.4, -0.2) is 17.1 Å². The lowest BCUT2D eigenvalue weighted by Crippen LogP contribution is -1.95. The maximum absolute atomic E-state index is 9.39. The van der Waals surface area contributed by atoms with Gasteiger partial charge in [-0.05, 0) is 43.7 Å². The summed E-state index contributed by atoms with van der Waals surface area (Å²) in [5, 5.41) is 13.1. The normalized spacial score (nSPS) is 10.6. The lowest BCUT2D eigenvalue weighted by atomic mass is 10.1. The van der Waals surface area contributed by atoms with Gasteiger partial charge in [-0.2, -0.15) is 5.26 Å². The number of hydrogen-bond donors (Lipinski definition) is 0. The van der Waals surface area contributed by atoms with Crippen LogP contribution in [0, 0.1) is 25.2 Å². The Balaban J connectivity index is 1.83. The van der Waals surface area contributed by atoms with Crippen LogP contribution in [0.4, 0.5) is 0 Å². The molecule has 1 aromatic carbocycles. The Morgan fingerprint density at radius 1 is 1.27 bits per heavy atom. The van der Waals surface area contributed by atoms with Crippen molar-refractivity contribution in [2.45, 2.75) is 24.6 Å². The number of rotatable bonds is 5. The number of methoxy groups -OCH3 is 1. The summed E-state index contributed by atoms with van der Waals surface area (Å²) in [5.74, 6) is 1.46. The van der Waals surface area contributed by atoms with Gasteiger partial charge >= 0.3 is 0 Å². The molecule has 0 saturated heterocycles. The number of pyridine rings is 1. The van der Waals surface area contributed by atoms with Crippen LogP contribution in [0.3, 0.4) is 0 Å². The highest BCUT2D eigenvalue weighted by Crippen LogP contribution is 2.35. The van der Waals surface area contributed by atoms with Gasteiger partial charge in [-0.3, -0.25) is 0 Å². The van der Waals surface area contributed by atoms with Crippen molar-refractivity contribution in [1.82, 2.24) is 9.97 Å². The fraction of sp³-hybridized carbons (Fsp3) is 0.211. The Labute approximate surface area is 169 Å². The van der Waals surface area contributed by atoms with Crippen molar-refractivity contribution < 1.29 is 4.74 Å². The van der Waals surface area contributed by atoms with Crippen molar-refractivity contribution in [2.75, 3.05) is 7.11 Å². The topological polar surface area (TPSA) is 58.8 Å². The van der Waals surface area contributed by atoms with Crippen molar-refractivity contribution in [3.63, 3.8) is 0 Å². The fourth-order valence-electron chi connectivity index (χ4n) is 2.53. The van der Waals surface area contributed by atoms with Crippen LogP contribution in [0.1, 0.15) is 22.5 Å². The zero-order chi connectivity index (χ0) is 18.7. The number of benzene rings is 1. The molecular formula is C19H16BrN3OS2. The van der Waals surface area contributed by atoms with Crippen LogP contribution in [0.15, 0.2) is 39.1 Å². The second-order valence-electron chi connectivity index (χ2n) is 5.65. The van der Waals surface area contributed by atoms with E-state index in [1.54, 1.807) is 30.2 Å². The monoisotopic (exact) mass is 445 g/mol. The Morgan fingerprint density at radius 3 is 2.81 bits per heavy atom. The van der Waals surface area contributed by atoms with Gasteiger partial charge in [0.1, 0.15) is 21.9 Å². The summed E-state index contributed by atoms with van der Waals surface area (Å²) in [6.07, 6.45) is 0. The van der Waals surface area contributed by atoms with Crippen molar-refractivity contribution in [3.05, 3.63) is 56.6 Å². The summed E-state index contributed by atoms with van der Waals surface area (Å²) in [7, 11) is 1.66. The van der Waals surface area contributed by atoms with Gasteiger partial charge in [-0.25, -0.2) is 9.97 Å². The van der Waals surface area contributed by atoms with Crippen molar-refractivity contribution in [3.8, 4) is 22.4 Å². The van der Waals surface area contributed by atoms with E-state index in [0.29, 0.717) is 11.3 Å². The number of thioether (sulfide) groups is 1. The predicted molar refractivity (Wildman–Crippen MR) is 110 cm³/mol. The number of aryl methyl sites for hydroxylation is 2. The largest absolute Gasteiger partial charge is 0.496 e. The van der Waals surface area contributed by atoms with E-state index in [1.807, 2.05) is 43.5 Å². The quantitative estimate of drug-likeness (QED) is 0.467. The van der Waals surface area contributed by atoms with Crippen LogP contribution < -0.4 is 4.74 Å². The van der Waals surface area contributed by atoms with Crippen molar-refractivity contribution in [1.29, 1.82) is 5.26 Å². The molecule has 0 N–H and O–H groups in total. The Bertz CT molecular complexity index is 995. The number of hydrogen-bond acceptors (Lipinski definition) is 6. The molecule has 0 atom stereocenters. The Morgan fingerprint density at radius 2 is 2.08 bits per heavy atom. The smallest absolute Gasteiger partial charge is 0.129 e. The molecule has 3 rings (SSSR count). The highest BCUT2D eigenvalue weighted by atomic mass is 79.9. The summed E-state index contributed by atoms with van der Waals surface area (Å²) in [6, 6.07) is 10.1. The molecule has 0 saturated carbocycles. The van der Waals surface area contributed by atoms with Crippen LogP contribution in [0.5, 0.6) is 5.75 Å². The minimum Gasteiger partial charge on any atom is -0.496 e. The number of nitriles is 1. The molecule has 0 aliphatic rings. The third kappa shape index (κ3) is 4.09. The average molecular weight is 446 g/mol. The zero-order valence-electron chi connectivity index (χ0n) is 14.5. The molecule has 0 amide bonds. The number of nitrogens with zero attached hydrogens (tertiary/aromatic N) is 3. The number of thiazole rings is 1.